The molecule has 124 valence electrons. The average Bonchev–Trinajstić information content (AvgIpc) is 3.09. The molecule has 1 saturated heterocycles. The molecule has 2 heterocycles. The standard InChI is InChI=1S/C16H19FN4O.ClH/c1-10-8-11(2)21(20-10)15-6-5-12(9-13(15)17)19-16(22)14-4-3-7-18-14;/h5-6,8-9,14,18H,3-4,7H2,1-2H3,(H,19,22);1H. The zero-order valence-electron chi connectivity index (χ0n) is 13.1. The summed E-state index contributed by atoms with van der Waals surface area (Å²) in [5.74, 6) is -0.529. The molecule has 1 aromatic carbocycles. The Morgan fingerprint density at radius 2 is 2.17 bits per heavy atom. The van der Waals surface area contributed by atoms with Crippen molar-refractivity contribution in [2.75, 3.05) is 11.9 Å². The predicted molar refractivity (Wildman–Crippen MR) is 89.9 cm³/mol. The highest BCUT2D eigenvalue weighted by atomic mass is 35.5. The number of aryl methyl sites for hydroxylation is 2. The van der Waals surface area contributed by atoms with E-state index in [1.54, 1.807) is 16.8 Å². The van der Waals surface area contributed by atoms with Crippen LogP contribution in [0.5, 0.6) is 0 Å². The summed E-state index contributed by atoms with van der Waals surface area (Å²) < 4.78 is 15.9. The van der Waals surface area contributed by atoms with E-state index in [9.17, 15) is 9.18 Å². The number of aromatic nitrogens is 2. The molecule has 5 nitrogen and oxygen atoms in total. The van der Waals surface area contributed by atoms with Crippen LogP contribution in [0.4, 0.5) is 10.1 Å². The van der Waals surface area contributed by atoms with Crippen molar-refractivity contribution in [3.8, 4) is 5.69 Å². The summed E-state index contributed by atoms with van der Waals surface area (Å²) in [4.78, 5) is 12.0. The molecule has 1 aromatic heterocycles. The van der Waals surface area contributed by atoms with Gasteiger partial charge in [-0.25, -0.2) is 9.07 Å². The smallest absolute Gasteiger partial charge is 0.241 e. The molecular weight excluding hydrogens is 319 g/mol. The number of benzene rings is 1. The van der Waals surface area contributed by atoms with E-state index in [1.807, 2.05) is 19.9 Å². The fraction of sp³-hybridized carbons (Fsp3) is 0.375. The van der Waals surface area contributed by atoms with Crippen molar-refractivity contribution >= 4 is 24.0 Å². The molecule has 1 aliphatic heterocycles. The van der Waals surface area contributed by atoms with E-state index < -0.39 is 5.82 Å². The van der Waals surface area contributed by atoms with Crippen molar-refractivity contribution in [1.29, 1.82) is 0 Å². The fourth-order valence-electron chi connectivity index (χ4n) is 2.77. The third-order valence-corrected chi connectivity index (χ3v) is 3.83. The number of carbonyl (C=O) groups is 1. The van der Waals surface area contributed by atoms with Crippen LogP contribution in [0.2, 0.25) is 0 Å². The van der Waals surface area contributed by atoms with Crippen LogP contribution in [0.3, 0.4) is 0 Å². The second-order valence-corrected chi connectivity index (χ2v) is 5.64. The van der Waals surface area contributed by atoms with Gasteiger partial charge in [0.05, 0.1) is 11.7 Å². The van der Waals surface area contributed by atoms with Crippen LogP contribution >= 0.6 is 12.4 Å². The van der Waals surface area contributed by atoms with Crippen molar-refractivity contribution < 1.29 is 9.18 Å². The molecule has 0 bridgehead atoms. The Labute approximate surface area is 140 Å². The zero-order chi connectivity index (χ0) is 15.7. The second-order valence-electron chi connectivity index (χ2n) is 5.64. The lowest BCUT2D eigenvalue weighted by Gasteiger charge is -2.12. The average molecular weight is 339 g/mol. The summed E-state index contributed by atoms with van der Waals surface area (Å²) in [7, 11) is 0. The Balaban J connectivity index is 0.00000192. The van der Waals surface area contributed by atoms with Crippen LogP contribution < -0.4 is 10.6 Å². The molecule has 0 radical (unpaired) electrons. The van der Waals surface area contributed by atoms with Gasteiger partial charge >= 0.3 is 0 Å². The number of rotatable bonds is 3. The first kappa shape index (κ1) is 17.4. The summed E-state index contributed by atoms with van der Waals surface area (Å²) in [5.41, 5.74) is 2.54. The van der Waals surface area contributed by atoms with Gasteiger partial charge in [-0.3, -0.25) is 4.79 Å². The van der Waals surface area contributed by atoms with Crippen molar-refractivity contribution in [1.82, 2.24) is 15.1 Å². The first-order valence-electron chi connectivity index (χ1n) is 7.42. The van der Waals surface area contributed by atoms with E-state index in [-0.39, 0.29) is 24.4 Å². The molecule has 0 aliphatic carbocycles. The molecular formula is C16H20ClFN4O. The van der Waals surface area contributed by atoms with Crippen LogP contribution in [0.15, 0.2) is 24.3 Å². The van der Waals surface area contributed by atoms with Gasteiger partial charge in [0.1, 0.15) is 5.69 Å². The first-order valence-corrected chi connectivity index (χ1v) is 7.42. The molecule has 7 heteroatoms. The van der Waals surface area contributed by atoms with E-state index >= 15 is 0 Å². The van der Waals surface area contributed by atoms with Crippen molar-refractivity contribution in [2.24, 2.45) is 0 Å². The van der Waals surface area contributed by atoms with Gasteiger partial charge in [0, 0.05) is 11.4 Å². The topological polar surface area (TPSA) is 59.0 Å². The van der Waals surface area contributed by atoms with E-state index in [0.717, 1.165) is 30.8 Å². The molecule has 3 rings (SSSR count). The molecule has 1 unspecified atom stereocenters. The summed E-state index contributed by atoms with van der Waals surface area (Å²) in [6.07, 6.45) is 1.81. The van der Waals surface area contributed by atoms with Crippen LogP contribution in [-0.4, -0.2) is 28.3 Å². The summed E-state index contributed by atoms with van der Waals surface area (Å²) in [5, 5.41) is 10.1. The van der Waals surface area contributed by atoms with Gasteiger partial charge in [0.2, 0.25) is 5.91 Å². The monoisotopic (exact) mass is 338 g/mol. The largest absolute Gasteiger partial charge is 0.325 e. The van der Waals surface area contributed by atoms with Gasteiger partial charge in [0.15, 0.2) is 5.82 Å². The number of hydrogen-bond acceptors (Lipinski definition) is 3. The number of hydrogen-bond donors (Lipinski definition) is 2. The number of halogens is 2. The maximum atomic E-state index is 14.3. The Bertz CT molecular complexity index is 710. The van der Waals surface area contributed by atoms with Gasteiger partial charge in [0.25, 0.3) is 0 Å². The van der Waals surface area contributed by atoms with Crippen LogP contribution in [-0.2, 0) is 4.79 Å². The van der Waals surface area contributed by atoms with Crippen molar-refractivity contribution in [2.45, 2.75) is 32.7 Å². The minimum absolute atomic E-state index is 0. The van der Waals surface area contributed by atoms with Gasteiger partial charge in [-0.05, 0) is 57.5 Å². The van der Waals surface area contributed by atoms with Crippen LogP contribution in [0, 0.1) is 19.7 Å². The molecule has 23 heavy (non-hydrogen) atoms. The van der Waals surface area contributed by atoms with Crippen molar-refractivity contribution in [3.05, 3.63) is 41.5 Å². The van der Waals surface area contributed by atoms with E-state index in [4.69, 9.17) is 0 Å². The normalized spacial score (nSPS) is 16.9. The van der Waals surface area contributed by atoms with E-state index in [2.05, 4.69) is 15.7 Å². The summed E-state index contributed by atoms with van der Waals surface area (Å²) in [6, 6.07) is 6.37. The molecule has 1 aliphatic rings. The van der Waals surface area contributed by atoms with Crippen molar-refractivity contribution in [3.63, 3.8) is 0 Å². The minimum Gasteiger partial charge on any atom is -0.325 e. The number of carbonyl (C=O) groups excluding carboxylic acids is 1. The maximum Gasteiger partial charge on any atom is 0.241 e. The highest BCUT2D eigenvalue weighted by Crippen LogP contribution is 2.20. The number of anilines is 1. The van der Waals surface area contributed by atoms with Crippen LogP contribution in [0.25, 0.3) is 5.69 Å². The molecule has 2 N–H and O–H groups in total. The highest BCUT2D eigenvalue weighted by Gasteiger charge is 2.22. The minimum atomic E-state index is -0.414. The highest BCUT2D eigenvalue weighted by molar-refractivity contribution is 5.95. The molecule has 1 fully saturated rings. The third kappa shape index (κ3) is 3.71. The Hall–Kier alpha value is -1.92. The lowest BCUT2D eigenvalue weighted by Crippen LogP contribution is -2.35. The van der Waals surface area contributed by atoms with Gasteiger partial charge in [-0.2, -0.15) is 5.10 Å². The van der Waals surface area contributed by atoms with Gasteiger partial charge in [-0.1, -0.05) is 0 Å². The second kappa shape index (κ2) is 7.10. The Kier molecular flexibility index (Phi) is 5.38. The molecule has 1 atom stereocenters. The number of amides is 1. The molecule has 0 spiro atoms. The fourth-order valence-corrected chi connectivity index (χ4v) is 2.77. The maximum absolute atomic E-state index is 14.3. The Morgan fingerprint density at radius 1 is 1.39 bits per heavy atom. The molecule has 2 aromatic rings. The summed E-state index contributed by atoms with van der Waals surface area (Å²) >= 11 is 0. The molecule has 0 saturated carbocycles. The van der Waals surface area contributed by atoms with E-state index in [0.29, 0.717) is 11.4 Å². The quantitative estimate of drug-likeness (QED) is 0.904. The molecule has 1 amide bonds. The first-order chi connectivity index (χ1) is 10.5. The van der Waals surface area contributed by atoms with Crippen LogP contribution in [0.1, 0.15) is 24.2 Å². The van der Waals surface area contributed by atoms with E-state index in [1.165, 1.54) is 6.07 Å². The van der Waals surface area contributed by atoms with Gasteiger partial charge < -0.3 is 10.6 Å². The van der Waals surface area contributed by atoms with Gasteiger partial charge in [-0.15, -0.1) is 12.4 Å². The Morgan fingerprint density at radius 3 is 2.74 bits per heavy atom. The summed E-state index contributed by atoms with van der Waals surface area (Å²) in [6.45, 7) is 4.59. The predicted octanol–water partition coefficient (Wildman–Crippen LogP) is 2.74. The SMILES string of the molecule is Cc1cc(C)n(-c2ccc(NC(=O)C3CCCN3)cc2F)n1.Cl. The lowest BCUT2D eigenvalue weighted by molar-refractivity contribution is -0.117. The lowest BCUT2D eigenvalue weighted by atomic mass is 10.2. The number of nitrogens with zero attached hydrogens (tertiary/aromatic N) is 2. The third-order valence-electron chi connectivity index (χ3n) is 3.83. The number of nitrogens with one attached hydrogen (secondary N) is 2. The zero-order valence-corrected chi connectivity index (χ0v) is 13.9.